The van der Waals surface area contributed by atoms with Gasteiger partial charge in [0.2, 0.25) is 0 Å². The van der Waals surface area contributed by atoms with Crippen molar-refractivity contribution in [3.05, 3.63) is 33.3 Å². The predicted molar refractivity (Wildman–Crippen MR) is 66.1 cm³/mol. The first kappa shape index (κ1) is 11.2. The molecule has 1 aliphatic carbocycles. The molecule has 0 amide bonds. The zero-order valence-electron chi connectivity index (χ0n) is 9.51. The van der Waals surface area contributed by atoms with Gasteiger partial charge in [-0.1, -0.05) is 35.8 Å². The zero-order chi connectivity index (χ0) is 11.0. The number of fused-ring (bicyclic) bond motifs is 1. The molecule has 0 aromatic heterocycles. The minimum atomic E-state index is 0.280. The lowest BCUT2D eigenvalue weighted by molar-refractivity contribution is 0.0695. The van der Waals surface area contributed by atoms with E-state index in [2.05, 4.69) is 41.9 Å². The normalized spacial score (nSPS) is 24.3. The van der Waals surface area contributed by atoms with Crippen LogP contribution in [-0.2, 0) is 17.6 Å². The monoisotopic (exact) mass is 268 g/mol. The molecule has 0 bridgehead atoms. The van der Waals surface area contributed by atoms with Crippen molar-refractivity contribution in [2.75, 3.05) is 7.11 Å². The largest absolute Gasteiger partial charge is 0.376 e. The Bertz CT molecular complexity index is 373. The van der Waals surface area contributed by atoms with E-state index in [1.54, 1.807) is 0 Å². The van der Waals surface area contributed by atoms with Gasteiger partial charge in [0.1, 0.15) is 0 Å². The summed E-state index contributed by atoms with van der Waals surface area (Å²) in [5.74, 6) is 0.591. The summed E-state index contributed by atoms with van der Waals surface area (Å²) in [5, 5.41) is 0. The van der Waals surface area contributed by atoms with Gasteiger partial charge in [0, 0.05) is 11.6 Å². The van der Waals surface area contributed by atoms with E-state index < -0.39 is 0 Å². The lowest BCUT2D eigenvalue weighted by atomic mass is 10.0. The van der Waals surface area contributed by atoms with Crippen molar-refractivity contribution in [1.29, 1.82) is 0 Å². The number of ether oxygens (including phenoxy) is 1. The molecule has 1 unspecified atom stereocenters. The van der Waals surface area contributed by atoms with Crippen molar-refractivity contribution in [2.45, 2.75) is 32.8 Å². The Labute approximate surface area is 100.0 Å². The Balaban J connectivity index is 2.50. The Morgan fingerprint density at radius 3 is 2.80 bits per heavy atom. The molecule has 0 saturated carbocycles. The lowest BCUT2D eigenvalue weighted by Gasteiger charge is -2.15. The first-order chi connectivity index (χ1) is 7.17. The summed E-state index contributed by atoms with van der Waals surface area (Å²) in [6.07, 6.45) is 2.48. The number of methoxy groups -OCH3 is 1. The second-order valence-electron chi connectivity index (χ2n) is 4.34. The van der Waals surface area contributed by atoms with Crippen LogP contribution >= 0.6 is 15.9 Å². The molecule has 1 aliphatic rings. The van der Waals surface area contributed by atoms with E-state index in [1.165, 1.54) is 21.2 Å². The quantitative estimate of drug-likeness (QED) is 0.791. The first-order valence-electron chi connectivity index (χ1n) is 5.51. The molecular formula is C13H17BrO. The molecule has 0 spiro atoms. The smallest absolute Gasteiger partial charge is 0.0852 e. The Morgan fingerprint density at radius 2 is 2.20 bits per heavy atom. The number of benzene rings is 1. The van der Waals surface area contributed by atoms with Crippen LogP contribution in [0.2, 0.25) is 0 Å². The molecule has 15 heavy (non-hydrogen) atoms. The molecule has 0 fully saturated rings. The van der Waals surface area contributed by atoms with Crippen LogP contribution in [0.1, 0.15) is 36.6 Å². The number of aryl methyl sites for hydroxylation is 1. The second kappa shape index (κ2) is 4.26. The topological polar surface area (TPSA) is 9.23 Å². The highest BCUT2D eigenvalue weighted by Gasteiger charge is 2.30. The molecule has 0 aliphatic heterocycles. The highest BCUT2D eigenvalue weighted by Crippen LogP contribution is 2.42. The maximum atomic E-state index is 5.58. The Kier molecular flexibility index (Phi) is 3.17. The van der Waals surface area contributed by atoms with Gasteiger partial charge < -0.3 is 4.74 Å². The fraction of sp³-hybridized carbons (Fsp3) is 0.538. The molecule has 0 radical (unpaired) electrons. The summed E-state index contributed by atoms with van der Waals surface area (Å²) < 4.78 is 6.84. The highest BCUT2D eigenvalue weighted by atomic mass is 79.9. The van der Waals surface area contributed by atoms with Crippen LogP contribution in [0.5, 0.6) is 0 Å². The average Bonchev–Trinajstić information content (AvgIpc) is 2.54. The number of rotatable bonds is 2. The minimum absolute atomic E-state index is 0.280. The van der Waals surface area contributed by atoms with E-state index in [0.717, 1.165) is 12.8 Å². The lowest BCUT2D eigenvalue weighted by Crippen LogP contribution is -2.05. The minimum Gasteiger partial charge on any atom is -0.376 e. The van der Waals surface area contributed by atoms with Gasteiger partial charge in [0.25, 0.3) is 0 Å². The maximum absolute atomic E-state index is 5.58. The maximum Gasteiger partial charge on any atom is 0.0852 e. The summed E-state index contributed by atoms with van der Waals surface area (Å²) in [7, 11) is 1.81. The van der Waals surface area contributed by atoms with Crippen molar-refractivity contribution >= 4 is 15.9 Å². The fourth-order valence-corrected chi connectivity index (χ4v) is 3.17. The van der Waals surface area contributed by atoms with Crippen molar-refractivity contribution in [3.8, 4) is 0 Å². The third-order valence-electron chi connectivity index (χ3n) is 3.30. The first-order valence-corrected chi connectivity index (χ1v) is 6.30. The third-order valence-corrected chi connectivity index (χ3v) is 4.01. The van der Waals surface area contributed by atoms with Gasteiger partial charge in [-0.3, -0.25) is 0 Å². The van der Waals surface area contributed by atoms with E-state index >= 15 is 0 Å². The van der Waals surface area contributed by atoms with E-state index in [4.69, 9.17) is 4.74 Å². The molecule has 1 aromatic carbocycles. The molecule has 2 heteroatoms. The van der Waals surface area contributed by atoms with E-state index in [1.807, 2.05) is 7.11 Å². The van der Waals surface area contributed by atoms with Gasteiger partial charge in [0.05, 0.1) is 6.10 Å². The van der Waals surface area contributed by atoms with Crippen LogP contribution in [0.4, 0.5) is 0 Å². The van der Waals surface area contributed by atoms with Gasteiger partial charge in [-0.05, 0) is 41.5 Å². The van der Waals surface area contributed by atoms with Crippen LogP contribution < -0.4 is 0 Å². The van der Waals surface area contributed by atoms with Gasteiger partial charge in [-0.15, -0.1) is 0 Å². The molecule has 2 rings (SSSR count). The molecule has 2 atom stereocenters. The van der Waals surface area contributed by atoms with E-state index in [0.29, 0.717) is 5.92 Å². The van der Waals surface area contributed by atoms with Crippen LogP contribution in [0.3, 0.4) is 0 Å². The third kappa shape index (κ3) is 1.85. The summed E-state index contributed by atoms with van der Waals surface area (Å²) in [5.41, 5.74) is 4.21. The molecule has 1 nitrogen and oxygen atoms in total. The van der Waals surface area contributed by atoms with Crippen LogP contribution in [0.25, 0.3) is 0 Å². The van der Waals surface area contributed by atoms with Gasteiger partial charge in [0.15, 0.2) is 0 Å². The van der Waals surface area contributed by atoms with Crippen molar-refractivity contribution < 1.29 is 4.74 Å². The van der Waals surface area contributed by atoms with Gasteiger partial charge in [-0.2, -0.15) is 0 Å². The van der Waals surface area contributed by atoms with Crippen molar-refractivity contribution in [2.24, 2.45) is 5.92 Å². The van der Waals surface area contributed by atoms with Crippen LogP contribution in [-0.4, -0.2) is 7.11 Å². The fourth-order valence-electron chi connectivity index (χ4n) is 2.48. The predicted octanol–water partition coefficient (Wildman–Crippen LogP) is 3.89. The van der Waals surface area contributed by atoms with Crippen LogP contribution in [0, 0.1) is 5.92 Å². The van der Waals surface area contributed by atoms with Crippen molar-refractivity contribution in [3.63, 3.8) is 0 Å². The average molecular weight is 269 g/mol. The molecule has 0 N–H and O–H groups in total. The molecular weight excluding hydrogens is 252 g/mol. The zero-order valence-corrected chi connectivity index (χ0v) is 11.1. The SMILES string of the molecule is CCc1cc(Br)c2c(c1)C(OC)[C@H](C)C2. The van der Waals surface area contributed by atoms with Crippen molar-refractivity contribution in [1.82, 2.24) is 0 Å². The number of hydrogen-bond acceptors (Lipinski definition) is 1. The highest BCUT2D eigenvalue weighted by molar-refractivity contribution is 9.10. The standard InChI is InChI=1S/C13H17BrO/c1-4-9-6-11-10(12(14)7-9)5-8(2)13(11)15-3/h6-8,13H,4-5H2,1-3H3/t8-,13?/m1/s1. The second-order valence-corrected chi connectivity index (χ2v) is 5.19. The Morgan fingerprint density at radius 1 is 1.47 bits per heavy atom. The van der Waals surface area contributed by atoms with E-state index in [-0.39, 0.29) is 6.10 Å². The summed E-state index contributed by atoms with van der Waals surface area (Å²) >= 11 is 3.67. The summed E-state index contributed by atoms with van der Waals surface area (Å²) in [4.78, 5) is 0. The van der Waals surface area contributed by atoms with Gasteiger partial charge >= 0.3 is 0 Å². The number of halogens is 1. The van der Waals surface area contributed by atoms with Crippen LogP contribution in [0.15, 0.2) is 16.6 Å². The molecule has 0 saturated heterocycles. The molecule has 82 valence electrons. The summed E-state index contributed by atoms with van der Waals surface area (Å²) in [6.45, 7) is 4.45. The summed E-state index contributed by atoms with van der Waals surface area (Å²) in [6, 6.07) is 4.54. The molecule has 0 heterocycles. The Hall–Kier alpha value is -0.340. The number of hydrogen-bond donors (Lipinski definition) is 0. The van der Waals surface area contributed by atoms with E-state index in [9.17, 15) is 0 Å². The molecule has 1 aromatic rings. The van der Waals surface area contributed by atoms with Gasteiger partial charge in [-0.25, -0.2) is 0 Å².